The summed E-state index contributed by atoms with van der Waals surface area (Å²) in [5.41, 5.74) is 0.185. The molecule has 0 aliphatic rings. The van der Waals surface area contributed by atoms with E-state index in [1.54, 1.807) is 12.1 Å². The molecule has 0 saturated heterocycles. The minimum absolute atomic E-state index is 0.0910. The van der Waals surface area contributed by atoms with E-state index in [0.29, 0.717) is 12.8 Å². The number of nitrogens with one attached hydrogen (secondary N) is 1. The van der Waals surface area contributed by atoms with Crippen molar-refractivity contribution in [3.63, 3.8) is 0 Å². The van der Waals surface area contributed by atoms with Crippen LogP contribution in [0.25, 0.3) is 0 Å². The molecule has 0 spiro atoms. The number of carbonyl (C=O) groups excluding carboxylic acids is 1. The monoisotopic (exact) mass is 322 g/mol. The highest BCUT2D eigenvalue weighted by atomic mass is 16.6. The van der Waals surface area contributed by atoms with Crippen molar-refractivity contribution >= 4 is 5.91 Å². The summed E-state index contributed by atoms with van der Waals surface area (Å²) in [7, 11) is 0. The number of aromatic hydroxyl groups is 1. The molecule has 0 fully saturated rings. The van der Waals surface area contributed by atoms with Crippen molar-refractivity contribution in [1.82, 2.24) is 5.32 Å². The Bertz CT molecular complexity index is 505. The molecule has 1 atom stereocenters. The van der Waals surface area contributed by atoms with E-state index >= 15 is 0 Å². The maximum atomic E-state index is 11.9. The largest absolute Gasteiger partial charge is 0.507 e. The fourth-order valence-electron chi connectivity index (χ4n) is 2.45. The second-order valence-corrected chi connectivity index (χ2v) is 5.70. The van der Waals surface area contributed by atoms with Crippen LogP contribution in [0.5, 0.6) is 5.75 Å². The topological polar surface area (TPSA) is 92.5 Å². The Morgan fingerprint density at radius 3 is 2.57 bits per heavy atom. The summed E-state index contributed by atoms with van der Waals surface area (Å²) in [6.07, 6.45) is 6.15. The summed E-state index contributed by atoms with van der Waals surface area (Å²) >= 11 is 0. The number of unbranched alkanes of at least 4 members (excludes halogenated alkanes) is 4. The maximum absolute atomic E-state index is 11.9. The predicted octanol–water partition coefficient (Wildman–Crippen LogP) is 3.52. The Labute approximate surface area is 137 Å². The number of amides is 1. The normalized spacial score (nSPS) is 11.9. The summed E-state index contributed by atoms with van der Waals surface area (Å²) in [6.45, 7) is 2.36. The third-order valence-corrected chi connectivity index (χ3v) is 3.85. The van der Waals surface area contributed by atoms with Crippen LogP contribution < -0.4 is 5.32 Å². The number of phenolic OH excluding ortho intramolecular Hbond substituents is 1. The van der Waals surface area contributed by atoms with Crippen LogP contribution >= 0.6 is 0 Å². The van der Waals surface area contributed by atoms with E-state index in [9.17, 15) is 20.0 Å². The van der Waals surface area contributed by atoms with Crippen molar-refractivity contribution in [3.8, 4) is 5.75 Å². The standard InChI is InChI=1S/C17H26N2O4/c1-2-3-4-5-6-9-14(19(22)23)12-13-18-17(21)15-10-7-8-11-16(15)20/h7-8,10-11,14,20H,2-6,9,12-13H2,1H3,(H,18,21). The fourth-order valence-corrected chi connectivity index (χ4v) is 2.45. The summed E-state index contributed by atoms with van der Waals surface area (Å²) in [6, 6.07) is 5.62. The number of hydrogen-bond acceptors (Lipinski definition) is 4. The molecule has 1 aromatic carbocycles. The Morgan fingerprint density at radius 2 is 1.91 bits per heavy atom. The minimum Gasteiger partial charge on any atom is -0.507 e. The van der Waals surface area contributed by atoms with E-state index in [0.717, 1.165) is 25.7 Å². The molecule has 1 aromatic rings. The zero-order valence-electron chi connectivity index (χ0n) is 13.7. The van der Waals surface area contributed by atoms with E-state index in [1.807, 2.05) is 0 Å². The van der Waals surface area contributed by atoms with E-state index in [2.05, 4.69) is 12.2 Å². The van der Waals surface area contributed by atoms with Crippen molar-refractivity contribution in [2.75, 3.05) is 6.54 Å². The Morgan fingerprint density at radius 1 is 1.22 bits per heavy atom. The summed E-state index contributed by atoms with van der Waals surface area (Å²) < 4.78 is 0. The van der Waals surface area contributed by atoms with E-state index in [1.165, 1.54) is 18.6 Å². The molecule has 0 bridgehead atoms. The van der Waals surface area contributed by atoms with Gasteiger partial charge in [-0.25, -0.2) is 0 Å². The number of nitrogens with zero attached hydrogens (tertiary/aromatic N) is 1. The third-order valence-electron chi connectivity index (χ3n) is 3.85. The van der Waals surface area contributed by atoms with Gasteiger partial charge in [0.2, 0.25) is 6.04 Å². The molecular formula is C17H26N2O4. The molecule has 1 amide bonds. The van der Waals surface area contributed by atoms with E-state index in [-0.39, 0.29) is 22.8 Å². The van der Waals surface area contributed by atoms with Gasteiger partial charge in [-0.15, -0.1) is 0 Å². The highest BCUT2D eigenvalue weighted by molar-refractivity contribution is 5.96. The van der Waals surface area contributed by atoms with Crippen molar-refractivity contribution in [1.29, 1.82) is 0 Å². The Hall–Kier alpha value is -2.11. The van der Waals surface area contributed by atoms with Crippen LogP contribution in [0.2, 0.25) is 0 Å². The first-order valence-electron chi connectivity index (χ1n) is 8.26. The average molecular weight is 322 g/mol. The highest BCUT2D eigenvalue weighted by Crippen LogP contribution is 2.15. The number of nitro groups is 1. The lowest BCUT2D eigenvalue weighted by Gasteiger charge is -2.11. The molecule has 0 aromatic heterocycles. The molecule has 23 heavy (non-hydrogen) atoms. The minimum atomic E-state index is -0.624. The lowest BCUT2D eigenvalue weighted by atomic mass is 10.0. The lowest BCUT2D eigenvalue weighted by Crippen LogP contribution is -2.30. The third kappa shape index (κ3) is 7.13. The molecule has 6 nitrogen and oxygen atoms in total. The molecule has 0 heterocycles. The van der Waals surface area contributed by atoms with Crippen LogP contribution in [0.3, 0.4) is 0 Å². The van der Waals surface area contributed by atoms with Gasteiger partial charge in [0.05, 0.1) is 5.56 Å². The van der Waals surface area contributed by atoms with Gasteiger partial charge in [-0.3, -0.25) is 14.9 Å². The summed E-state index contributed by atoms with van der Waals surface area (Å²) in [5.74, 6) is -0.500. The first kappa shape index (κ1) is 18.9. The maximum Gasteiger partial charge on any atom is 0.255 e. The Balaban J connectivity index is 2.34. The zero-order valence-corrected chi connectivity index (χ0v) is 13.7. The van der Waals surface area contributed by atoms with Gasteiger partial charge in [-0.05, 0) is 18.6 Å². The molecule has 6 heteroatoms. The quantitative estimate of drug-likeness (QED) is 0.370. The number of para-hydroxylation sites is 1. The molecule has 2 N–H and O–H groups in total. The van der Waals surface area contributed by atoms with Gasteiger partial charge in [0.25, 0.3) is 5.91 Å². The van der Waals surface area contributed by atoms with Crippen molar-refractivity contribution < 1.29 is 14.8 Å². The van der Waals surface area contributed by atoms with E-state index in [4.69, 9.17) is 0 Å². The van der Waals surface area contributed by atoms with Crippen LogP contribution in [0.1, 0.15) is 62.2 Å². The number of phenols is 1. The van der Waals surface area contributed by atoms with Crippen LogP contribution in [0, 0.1) is 10.1 Å². The Kier molecular flexibility index (Phi) is 8.72. The van der Waals surface area contributed by atoms with Gasteiger partial charge >= 0.3 is 0 Å². The molecule has 1 unspecified atom stereocenters. The molecule has 1 rings (SSSR count). The van der Waals surface area contributed by atoms with Crippen LogP contribution in [0.15, 0.2) is 24.3 Å². The predicted molar refractivity (Wildman–Crippen MR) is 89.2 cm³/mol. The summed E-state index contributed by atoms with van der Waals surface area (Å²) in [4.78, 5) is 22.7. The molecule has 0 aliphatic carbocycles. The summed E-state index contributed by atoms with van der Waals surface area (Å²) in [5, 5.41) is 23.3. The van der Waals surface area contributed by atoms with Crippen molar-refractivity contribution in [3.05, 3.63) is 39.9 Å². The van der Waals surface area contributed by atoms with Gasteiger partial charge in [0.15, 0.2) is 0 Å². The fraction of sp³-hybridized carbons (Fsp3) is 0.588. The van der Waals surface area contributed by atoms with Gasteiger partial charge < -0.3 is 10.4 Å². The second kappa shape index (κ2) is 10.6. The van der Waals surface area contributed by atoms with Crippen LogP contribution in [-0.2, 0) is 0 Å². The molecule has 0 aliphatic heterocycles. The molecular weight excluding hydrogens is 296 g/mol. The number of rotatable bonds is 11. The second-order valence-electron chi connectivity index (χ2n) is 5.70. The highest BCUT2D eigenvalue weighted by Gasteiger charge is 2.20. The van der Waals surface area contributed by atoms with Crippen LogP contribution in [0.4, 0.5) is 0 Å². The zero-order chi connectivity index (χ0) is 17.1. The first-order chi connectivity index (χ1) is 11.1. The molecule has 128 valence electrons. The molecule has 0 saturated carbocycles. The SMILES string of the molecule is CCCCCCCC(CCNC(=O)c1ccccc1O)[N+](=O)[O-]. The van der Waals surface area contributed by atoms with Gasteiger partial charge in [0, 0.05) is 24.3 Å². The van der Waals surface area contributed by atoms with Crippen molar-refractivity contribution in [2.24, 2.45) is 0 Å². The van der Waals surface area contributed by atoms with E-state index < -0.39 is 11.9 Å². The smallest absolute Gasteiger partial charge is 0.255 e. The number of hydrogen-bond donors (Lipinski definition) is 2. The van der Waals surface area contributed by atoms with Crippen molar-refractivity contribution in [2.45, 2.75) is 57.9 Å². The number of carbonyl (C=O) groups is 1. The molecule has 0 radical (unpaired) electrons. The van der Waals surface area contributed by atoms with Gasteiger partial charge in [-0.2, -0.15) is 0 Å². The van der Waals surface area contributed by atoms with Crippen LogP contribution in [-0.4, -0.2) is 28.5 Å². The first-order valence-corrected chi connectivity index (χ1v) is 8.26. The van der Waals surface area contributed by atoms with Gasteiger partial charge in [0.1, 0.15) is 5.75 Å². The average Bonchev–Trinajstić information content (AvgIpc) is 2.53. The lowest BCUT2D eigenvalue weighted by molar-refractivity contribution is -0.524. The van der Waals surface area contributed by atoms with Gasteiger partial charge in [-0.1, -0.05) is 44.7 Å². The number of benzene rings is 1.